The number of anilines is 1. The quantitative estimate of drug-likeness (QED) is 0.369. The third kappa shape index (κ3) is 8.79. The summed E-state index contributed by atoms with van der Waals surface area (Å²) < 4.78 is 31.6. The van der Waals surface area contributed by atoms with Gasteiger partial charge < -0.3 is 15.0 Å². The Kier molecular flexibility index (Phi) is 11.5. The number of nitrogens with one attached hydrogen (secondary N) is 1. The van der Waals surface area contributed by atoms with E-state index in [0.717, 1.165) is 12.7 Å². The zero-order valence-electron chi connectivity index (χ0n) is 21.8. The van der Waals surface area contributed by atoms with Crippen LogP contribution in [0.25, 0.3) is 0 Å². The SMILES string of the molecule is CC[C@H](C)NC(=O)[C@@H](C)N(Cc1ccc(Cl)cc1Cl)C(=O)CCCN(c1ccccc1OC)S(C)(=O)=O. The number of carbonyl (C=O) groups excluding carboxylic acids is 2. The molecule has 2 atom stereocenters. The van der Waals surface area contributed by atoms with Crippen LogP contribution in [0.4, 0.5) is 5.69 Å². The molecule has 1 N–H and O–H groups in total. The molecule has 0 bridgehead atoms. The molecule has 0 heterocycles. The maximum Gasteiger partial charge on any atom is 0.242 e. The normalized spacial score (nSPS) is 12.9. The summed E-state index contributed by atoms with van der Waals surface area (Å²) in [6, 6.07) is 11.0. The lowest BCUT2D eigenvalue weighted by Crippen LogP contribution is -2.49. The Balaban J connectivity index is 2.24. The van der Waals surface area contributed by atoms with Crippen LogP contribution in [0, 0.1) is 0 Å². The predicted octanol–water partition coefficient (Wildman–Crippen LogP) is 4.88. The van der Waals surface area contributed by atoms with Gasteiger partial charge in [0.25, 0.3) is 0 Å². The third-order valence-corrected chi connectivity index (χ3v) is 7.80. The number of nitrogens with zero attached hydrogens (tertiary/aromatic N) is 2. The summed E-state index contributed by atoms with van der Waals surface area (Å²) in [6.45, 7) is 5.68. The van der Waals surface area contributed by atoms with Gasteiger partial charge in [-0.1, -0.05) is 48.3 Å². The van der Waals surface area contributed by atoms with Crippen LogP contribution in [-0.2, 0) is 26.2 Å². The van der Waals surface area contributed by atoms with Crippen molar-refractivity contribution >= 4 is 50.7 Å². The summed E-state index contributed by atoms with van der Waals surface area (Å²) in [6.07, 6.45) is 2.11. The van der Waals surface area contributed by atoms with E-state index in [0.29, 0.717) is 27.0 Å². The summed E-state index contributed by atoms with van der Waals surface area (Å²) in [7, 11) is -2.17. The van der Waals surface area contributed by atoms with E-state index in [1.807, 2.05) is 13.8 Å². The highest BCUT2D eigenvalue weighted by molar-refractivity contribution is 7.92. The first-order valence-electron chi connectivity index (χ1n) is 12.0. The topological polar surface area (TPSA) is 96.0 Å². The molecule has 0 aliphatic rings. The average molecular weight is 573 g/mol. The molecule has 2 aromatic carbocycles. The molecule has 2 rings (SSSR count). The van der Waals surface area contributed by atoms with Gasteiger partial charge in [-0.3, -0.25) is 13.9 Å². The molecule has 204 valence electrons. The molecule has 0 fully saturated rings. The lowest BCUT2D eigenvalue weighted by Gasteiger charge is -2.30. The average Bonchev–Trinajstić information content (AvgIpc) is 2.84. The van der Waals surface area contributed by atoms with Gasteiger partial charge in [0.2, 0.25) is 21.8 Å². The van der Waals surface area contributed by atoms with Crippen molar-refractivity contribution in [3.05, 3.63) is 58.1 Å². The first-order valence-corrected chi connectivity index (χ1v) is 14.6. The summed E-state index contributed by atoms with van der Waals surface area (Å²) in [5, 5.41) is 3.77. The number of para-hydroxylation sites is 2. The zero-order chi connectivity index (χ0) is 27.8. The number of carbonyl (C=O) groups is 2. The largest absolute Gasteiger partial charge is 0.495 e. The van der Waals surface area contributed by atoms with Crippen molar-refractivity contribution in [2.45, 2.75) is 58.7 Å². The van der Waals surface area contributed by atoms with Crippen molar-refractivity contribution in [3.8, 4) is 5.75 Å². The van der Waals surface area contributed by atoms with Gasteiger partial charge in [0.1, 0.15) is 11.8 Å². The molecule has 0 radical (unpaired) electrons. The highest BCUT2D eigenvalue weighted by Gasteiger charge is 2.28. The fourth-order valence-electron chi connectivity index (χ4n) is 3.70. The molecule has 11 heteroatoms. The number of hydrogen-bond acceptors (Lipinski definition) is 5. The Bertz CT molecular complexity index is 1190. The standard InChI is InChI=1S/C26H35Cl2N3O5S/c1-6-18(2)29-26(33)19(3)30(17-20-13-14-21(27)16-22(20)28)25(32)12-9-15-31(37(5,34)35)23-10-7-8-11-24(23)36-4/h7-8,10-11,13-14,16,18-19H,6,9,12,15,17H2,1-5H3,(H,29,33)/t18-,19+/m0/s1. The fourth-order valence-corrected chi connectivity index (χ4v) is 5.14. The number of ether oxygens (including phenoxy) is 1. The van der Waals surface area contributed by atoms with Gasteiger partial charge in [-0.15, -0.1) is 0 Å². The van der Waals surface area contributed by atoms with Crippen LogP contribution >= 0.6 is 23.2 Å². The maximum atomic E-state index is 13.4. The van der Waals surface area contributed by atoms with Crippen molar-refractivity contribution in [2.24, 2.45) is 0 Å². The van der Waals surface area contributed by atoms with E-state index in [4.69, 9.17) is 27.9 Å². The van der Waals surface area contributed by atoms with Crippen molar-refractivity contribution in [3.63, 3.8) is 0 Å². The molecule has 0 saturated heterocycles. The second-order valence-electron chi connectivity index (χ2n) is 8.86. The van der Waals surface area contributed by atoms with E-state index in [2.05, 4.69) is 5.32 Å². The number of methoxy groups -OCH3 is 1. The molecule has 0 aromatic heterocycles. The Morgan fingerprint density at radius 3 is 2.38 bits per heavy atom. The van der Waals surface area contributed by atoms with Crippen LogP contribution < -0.4 is 14.4 Å². The molecule has 0 unspecified atom stereocenters. The highest BCUT2D eigenvalue weighted by Crippen LogP contribution is 2.30. The smallest absolute Gasteiger partial charge is 0.242 e. The van der Waals surface area contributed by atoms with Gasteiger partial charge in [0, 0.05) is 35.6 Å². The number of rotatable bonds is 13. The van der Waals surface area contributed by atoms with Crippen LogP contribution in [0.15, 0.2) is 42.5 Å². The first-order chi connectivity index (χ1) is 17.4. The van der Waals surface area contributed by atoms with Crippen LogP contribution in [0.5, 0.6) is 5.75 Å². The lowest BCUT2D eigenvalue weighted by atomic mass is 10.1. The van der Waals surface area contributed by atoms with Gasteiger partial charge in [0.05, 0.1) is 19.1 Å². The number of benzene rings is 2. The molecule has 0 aliphatic carbocycles. The molecule has 0 saturated carbocycles. The molecule has 0 spiro atoms. The second-order valence-corrected chi connectivity index (χ2v) is 11.6. The number of amides is 2. The molecular formula is C26H35Cl2N3O5S. The Labute approximate surface area is 229 Å². The van der Waals surface area contributed by atoms with Crippen molar-refractivity contribution in [2.75, 3.05) is 24.2 Å². The highest BCUT2D eigenvalue weighted by atomic mass is 35.5. The summed E-state index contributed by atoms with van der Waals surface area (Å²) in [4.78, 5) is 27.8. The Morgan fingerprint density at radius 1 is 1.11 bits per heavy atom. The van der Waals surface area contributed by atoms with E-state index in [1.54, 1.807) is 49.4 Å². The molecule has 2 amide bonds. The van der Waals surface area contributed by atoms with Gasteiger partial charge in [-0.2, -0.15) is 0 Å². The minimum atomic E-state index is -3.64. The van der Waals surface area contributed by atoms with Crippen molar-refractivity contribution < 1.29 is 22.7 Å². The minimum Gasteiger partial charge on any atom is -0.495 e. The summed E-state index contributed by atoms with van der Waals surface area (Å²) in [5.74, 6) is -0.167. The van der Waals surface area contributed by atoms with E-state index in [9.17, 15) is 18.0 Å². The summed E-state index contributed by atoms with van der Waals surface area (Å²) in [5.41, 5.74) is 1.04. The minimum absolute atomic E-state index is 0.0212. The Hall–Kier alpha value is -2.49. The fraction of sp³-hybridized carbons (Fsp3) is 0.462. The van der Waals surface area contributed by atoms with Gasteiger partial charge in [-0.25, -0.2) is 8.42 Å². The molecule has 8 nitrogen and oxygen atoms in total. The van der Waals surface area contributed by atoms with Gasteiger partial charge >= 0.3 is 0 Å². The maximum absolute atomic E-state index is 13.4. The van der Waals surface area contributed by atoms with Crippen molar-refractivity contribution in [1.29, 1.82) is 0 Å². The van der Waals surface area contributed by atoms with E-state index >= 15 is 0 Å². The molecule has 0 aliphatic heterocycles. The van der Waals surface area contributed by atoms with E-state index in [1.165, 1.54) is 16.3 Å². The third-order valence-electron chi connectivity index (χ3n) is 6.03. The lowest BCUT2D eigenvalue weighted by molar-refractivity contribution is -0.140. The number of halogens is 2. The van der Waals surface area contributed by atoms with Crippen LogP contribution in [0.1, 0.15) is 45.6 Å². The van der Waals surface area contributed by atoms with Crippen LogP contribution in [0.2, 0.25) is 10.0 Å². The molecule has 37 heavy (non-hydrogen) atoms. The van der Waals surface area contributed by atoms with Gasteiger partial charge in [-0.05, 0) is 56.5 Å². The number of hydrogen-bond donors (Lipinski definition) is 1. The van der Waals surface area contributed by atoms with E-state index < -0.39 is 16.1 Å². The predicted molar refractivity (Wildman–Crippen MR) is 149 cm³/mol. The molecule has 2 aromatic rings. The van der Waals surface area contributed by atoms with Gasteiger partial charge in [0.15, 0.2) is 0 Å². The Morgan fingerprint density at radius 2 is 1.78 bits per heavy atom. The number of sulfonamides is 1. The first kappa shape index (κ1) is 30.7. The van der Waals surface area contributed by atoms with Crippen LogP contribution in [-0.4, -0.2) is 57.1 Å². The zero-order valence-corrected chi connectivity index (χ0v) is 24.2. The second kappa shape index (κ2) is 13.9. The molecular weight excluding hydrogens is 537 g/mol. The van der Waals surface area contributed by atoms with Crippen LogP contribution in [0.3, 0.4) is 0 Å². The van der Waals surface area contributed by atoms with E-state index in [-0.39, 0.29) is 43.8 Å². The summed E-state index contributed by atoms with van der Waals surface area (Å²) >= 11 is 12.4. The van der Waals surface area contributed by atoms with Crippen molar-refractivity contribution in [1.82, 2.24) is 10.2 Å². The monoisotopic (exact) mass is 571 g/mol.